The maximum Gasteiger partial charge on any atom is 0.0480 e. The third kappa shape index (κ3) is 4.19. The third-order valence-corrected chi connectivity index (χ3v) is 4.91. The highest BCUT2D eigenvalue weighted by Crippen LogP contribution is 2.26. The van der Waals surface area contributed by atoms with Gasteiger partial charge in [-0.05, 0) is 56.5 Å². The van der Waals surface area contributed by atoms with Gasteiger partial charge in [0.25, 0.3) is 0 Å². The number of halogens is 1. The van der Waals surface area contributed by atoms with Gasteiger partial charge in [-0.25, -0.2) is 0 Å². The van der Waals surface area contributed by atoms with E-state index in [1.54, 1.807) is 0 Å². The molecule has 2 saturated heterocycles. The van der Waals surface area contributed by atoms with E-state index in [0.29, 0.717) is 12.1 Å². The van der Waals surface area contributed by atoms with Gasteiger partial charge in [0.15, 0.2) is 0 Å². The fourth-order valence-corrected chi connectivity index (χ4v) is 3.50. The summed E-state index contributed by atoms with van der Waals surface area (Å²) < 4.78 is 5.44. The van der Waals surface area contributed by atoms with E-state index in [1.165, 1.54) is 31.5 Å². The van der Waals surface area contributed by atoms with E-state index in [0.717, 1.165) is 37.6 Å². The number of rotatable bonds is 5. The smallest absolute Gasteiger partial charge is 0.0480 e. The summed E-state index contributed by atoms with van der Waals surface area (Å²) >= 11 is 6.03. The molecule has 3 nitrogen and oxygen atoms in total. The molecule has 2 heterocycles. The molecule has 0 amide bonds. The van der Waals surface area contributed by atoms with Crippen LogP contribution in [-0.4, -0.2) is 43.8 Å². The van der Waals surface area contributed by atoms with Crippen molar-refractivity contribution < 1.29 is 4.74 Å². The zero-order valence-electron chi connectivity index (χ0n) is 12.6. The van der Waals surface area contributed by atoms with E-state index < -0.39 is 0 Å². The Bertz CT molecular complexity index is 425. The van der Waals surface area contributed by atoms with Crippen LogP contribution in [0.1, 0.15) is 37.3 Å². The molecule has 1 aromatic carbocycles. The molecule has 2 fully saturated rings. The molecule has 0 bridgehead atoms. The molecule has 1 unspecified atom stereocenters. The first-order chi connectivity index (χ1) is 10.3. The Labute approximate surface area is 132 Å². The Morgan fingerprint density at radius 1 is 1.14 bits per heavy atom. The first-order valence-electron chi connectivity index (χ1n) is 8.13. The summed E-state index contributed by atoms with van der Waals surface area (Å²) in [6, 6.07) is 9.44. The number of nitrogens with one attached hydrogen (secondary N) is 1. The summed E-state index contributed by atoms with van der Waals surface area (Å²) in [5.74, 6) is 0. The second-order valence-electron chi connectivity index (χ2n) is 6.11. The predicted octanol–water partition coefficient (Wildman–Crippen LogP) is 3.25. The van der Waals surface area contributed by atoms with Gasteiger partial charge < -0.3 is 10.1 Å². The fraction of sp³-hybridized carbons (Fsp3) is 0.647. The Morgan fingerprint density at radius 3 is 2.48 bits per heavy atom. The van der Waals surface area contributed by atoms with Crippen molar-refractivity contribution in [3.63, 3.8) is 0 Å². The van der Waals surface area contributed by atoms with Crippen molar-refractivity contribution in [2.45, 2.75) is 37.8 Å². The largest absolute Gasteiger partial charge is 0.381 e. The zero-order valence-corrected chi connectivity index (χ0v) is 13.3. The van der Waals surface area contributed by atoms with Crippen molar-refractivity contribution in [2.75, 3.05) is 32.8 Å². The van der Waals surface area contributed by atoms with Gasteiger partial charge in [0, 0.05) is 36.9 Å². The first-order valence-corrected chi connectivity index (χ1v) is 8.51. The molecule has 0 aliphatic carbocycles. The lowest BCUT2D eigenvalue weighted by molar-refractivity contribution is 0.0754. The van der Waals surface area contributed by atoms with Gasteiger partial charge in [-0.2, -0.15) is 0 Å². The van der Waals surface area contributed by atoms with E-state index >= 15 is 0 Å². The van der Waals surface area contributed by atoms with Crippen LogP contribution in [0.15, 0.2) is 24.3 Å². The molecule has 2 aliphatic rings. The van der Waals surface area contributed by atoms with Crippen LogP contribution in [0, 0.1) is 0 Å². The second-order valence-corrected chi connectivity index (χ2v) is 6.54. The maximum absolute atomic E-state index is 6.03. The minimum Gasteiger partial charge on any atom is -0.381 e. The summed E-state index contributed by atoms with van der Waals surface area (Å²) in [6.45, 7) is 5.23. The molecule has 4 heteroatoms. The number of hydrogen-bond donors (Lipinski definition) is 1. The molecular formula is C17H25ClN2O. The maximum atomic E-state index is 6.03. The lowest BCUT2D eigenvalue weighted by Crippen LogP contribution is -2.41. The van der Waals surface area contributed by atoms with Gasteiger partial charge >= 0.3 is 0 Å². The number of likely N-dealkylation sites (tertiary alicyclic amines) is 1. The molecule has 21 heavy (non-hydrogen) atoms. The highest BCUT2D eigenvalue weighted by atomic mass is 35.5. The van der Waals surface area contributed by atoms with Crippen molar-refractivity contribution in [1.29, 1.82) is 0 Å². The van der Waals surface area contributed by atoms with Crippen molar-refractivity contribution in [1.82, 2.24) is 10.2 Å². The quantitative estimate of drug-likeness (QED) is 0.904. The predicted molar refractivity (Wildman–Crippen MR) is 86.8 cm³/mol. The SMILES string of the molecule is Clc1ccc(C(CNC2CCOCC2)N2CCCC2)cc1. The van der Waals surface area contributed by atoms with Crippen LogP contribution in [0.3, 0.4) is 0 Å². The standard InChI is InChI=1S/C17H25ClN2O/c18-15-5-3-14(4-6-15)17(20-9-1-2-10-20)13-19-16-7-11-21-12-8-16/h3-6,16-17,19H,1-2,7-13H2. The van der Waals surface area contributed by atoms with E-state index in [4.69, 9.17) is 16.3 Å². The number of nitrogens with zero attached hydrogens (tertiary/aromatic N) is 1. The molecule has 116 valence electrons. The summed E-state index contributed by atoms with van der Waals surface area (Å²) in [7, 11) is 0. The van der Waals surface area contributed by atoms with Crippen LogP contribution >= 0.6 is 11.6 Å². The van der Waals surface area contributed by atoms with E-state index in [2.05, 4.69) is 22.3 Å². The Balaban J connectivity index is 1.65. The van der Waals surface area contributed by atoms with Gasteiger partial charge in [-0.15, -0.1) is 0 Å². The summed E-state index contributed by atoms with van der Waals surface area (Å²) in [5.41, 5.74) is 1.38. The molecule has 0 saturated carbocycles. The molecule has 1 aromatic rings. The van der Waals surface area contributed by atoms with Crippen LogP contribution in [0.25, 0.3) is 0 Å². The fourth-order valence-electron chi connectivity index (χ4n) is 3.38. The van der Waals surface area contributed by atoms with Gasteiger partial charge in [-0.3, -0.25) is 4.90 Å². The van der Waals surface area contributed by atoms with Crippen LogP contribution in [0.2, 0.25) is 5.02 Å². The average molecular weight is 309 g/mol. The lowest BCUT2D eigenvalue weighted by atomic mass is 10.0. The summed E-state index contributed by atoms with van der Waals surface area (Å²) in [6.07, 6.45) is 4.91. The van der Waals surface area contributed by atoms with Crippen molar-refractivity contribution >= 4 is 11.6 Å². The number of benzene rings is 1. The highest BCUT2D eigenvalue weighted by Gasteiger charge is 2.24. The Kier molecular flexibility index (Phi) is 5.53. The average Bonchev–Trinajstić information content (AvgIpc) is 3.04. The van der Waals surface area contributed by atoms with Crippen molar-refractivity contribution in [3.8, 4) is 0 Å². The minimum atomic E-state index is 0.465. The number of hydrogen-bond acceptors (Lipinski definition) is 3. The van der Waals surface area contributed by atoms with Gasteiger partial charge in [0.2, 0.25) is 0 Å². The molecule has 1 atom stereocenters. The summed E-state index contributed by atoms with van der Waals surface area (Å²) in [5, 5.41) is 4.57. The van der Waals surface area contributed by atoms with Crippen molar-refractivity contribution in [2.24, 2.45) is 0 Å². The molecule has 2 aliphatic heterocycles. The summed E-state index contributed by atoms with van der Waals surface area (Å²) in [4.78, 5) is 2.61. The van der Waals surface area contributed by atoms with E-state index in [9.17, 15) is 0 Å². The van der Waals surface area contributed by atoms with Gasteiger partial charge in [-0.1, -0.05) is 23.7 Å². The van der Waals surface area contributed by atoms with E-state index in [1.807, 2.05) is 12.1 Å². The topological polar surface area (TPSA) is 24.5 Å². The zero-order chi connectivity index (χ0) is 14.5. The van der Waals surface area contributed by atoms with Gasteiger partial charge in [0.05, 0.1) is 0 Å². The monoisotopic (exact) mass is 308 g/mol. The highest BCUT2D eigenvalue weighted by molar-refractivity contribution is 6.30. The molecule has 3 rings (SSSR count). The molecule has 0 radical (unpaired) electrons. The Hall–Kier alpha value is -0.610. The first kappa shape index (κ1) is 15.3. The van der Waals surface area contributed by atoms with Crippen molar-refractivity contribution in [3.05, 3.63) is 34.9 Å². The van der Waals surface area contributed by atoms with Crippen LogP contribution < -0.4 is 5.32 Å². The normalized spacial score (nSPS) is 22.5. The minimum absolute atomic E-state index is 0.465. The van der Waals surface area contributed by atoms with Crippen LogP contribution in [0.4, 0.5) is 0 Å². The number of ether oxygens (including phenoxy) is 1. The lowest BCUT2D eigenvalue weighted by Gasteiger charge is -2.31. The third-order valence-electron chi connectivity index (χ3n) is 4.66. The molecular weight excluding hydrogens is 284 g/mol. The van der Waals surface area contributed by atoms with Gasteiger partial charge in [0.1, 0.15) is 0 Å². The van der Waals surface area contributed by atoms with Crippen LogP contribution in [0.5, 0.6) is 0 Å². The molecule has 1 N–H and O–H groups in total. The van der Waals surface area contributed by atoms with E-state index in [-0.39, 0.29) is 0 Å². The van der Waals surface area contributed by atoms with Crippen LogP contribution in [-0.2, 0) is 4.74 Å². The Morgan fingerprint density at radius 2 is 1.81 bits per heavy atom. The second kappa shape index (κ2) is 7.59. The molecule has 0 aromatic heterocycles. The molecule has 0 spiro atoms.